The minimum Gasteiger partial charge on any atom is -0.462 e. The van der Waals surface area contributed by atoms with Gasteiger partial charge in [0.15, 0.2) is 5.82 Å². The van der Waals surface area contributed by atoms with Gasteiger partial charge in [-0.15, -0.1) is 0 Å². The number of anilines is 2. The van der Waals surface area contributed by atoms with E-state index in [0.717, 1.165) is 0 Å². The van der Waals surface area contributed by atoms with E-state index in [0.29, 0.717) is 0 Å². The molecule has 0 aliphatic carbocycles. The van der Waals surface area contributed by atoms with Crippen molar-refractivity contribution in [3.63, 3.8) is 0 Å². The molecule has 0 atom stereocenters. The summed E-state index contributed by atoms with van der Waals surface area (Å²) in [6.07, 6.45) is 0. The summed E-state index contributed by atoms with van der Waals surface area (Å²) in [7, 11) is 0. The van der Waals surface area contributed by atoms with E-state index in [1.54, 1.807) is 6.92 Å². The van der Waals surface area contributed by atoms with Gasteiger partial charge >= 0.3 is 5.97 Å². The SMILES string of the molecule is CCOC(=O)c1c(N)[nH]c(=O)c2c(N)n[nH]c12. The molecule has 6 N–H and O–H groups in total. The molecule has 0 aromatic carbocycles. The van der Waals surface area contributed by atoms with Crippen LogP contribution in [0.3, 0.4) is 0 Å². The van der Waals surface area contributed by atoms with Gasteiger partial charge in [-0.25, -0.2) is 4.79 Å². The summed E-state index contributed by atoms with van der Waals surface area (Å²) in [5, 5.41) is 6.27. The molecule has 8 nitrogen and oxygen atoms in total. The Morgan fingerprint density at radius 1 is 1.47 bits per heavy atom. The Hall–Kier alpha value is -2.51. The molecule has 0 fully saturated rings. The number of nitrogens with zero attached hydrogens (tertiary/aromatic N) is 1. The number of aromatic nitrogens is 3. The lowest BCUT2D eigenvalue weighted by atomic mass is 10.2. The van der Waals surface area contributed by atoms with Crippen LogP contribution in [0.2, 0.25) is 0 Å². The number of ether oxygens (including phenoxy) is 1. The van der Waals surface area contributed by atoms with E-state index in [4.69, 9.17) is 16.2 Å². The standard InChI is InChI=1S/C9H11N5O3/c1-2-17-9(16)4-5-3(7(11)14-13-5)8(15)12-6(4)10/h2H2,1H3,(H3,10,12,15)(H3,11,13,14). The van der Waals surface area contributed by atoms with Crippen LogP contribution in [0.4, 0.5) is 11.6 Å². The lowest BCUT2D eigenvalue weighted by molar-refractivity contribution is 0.0529. The third kappa shape index (κ3) is 1.59. The number of carbonyl (C=O) groups is 1. The van der Waals surface area contributed by atoms with Crippen molar-refractivity contribution in [3.05, 3.63) is 15.9 Å². The highest BCUT2D eigenvalue weighted by atomic mass is 16.5. The lowest BCUT2D eigenvalue weighted by Crippen LogP contribution is -2.17. The molecule has 0 spiro atoms. The van der Waals surface area contributed by atoms with Crippen LogP contribution >= 0.6 is 0 Å². The molecule has 0 aliphatic rings. The molecule has 8 heteroatoms. The fraction of sp³-hybridized carbons (Fsp3) is 0.222. The van der Waals surface area contributed by atoms with E-state index < -0.39 is 11.5 Å². The van der Waals surface area contributed by atoms with Crippen LogP contribution in [0, 0.1) is 0 Å². The Kier molecular flexibility index (Phi) is 2.47. The van der Waals surface area contributed by atoms with Crippen molar-refractivity contribution in [2.75, 3.05) is 18.1 Å². The van der Waals surface area contributed by atoms with Gasteiger partial charge in [0.1, 0.15) is 16.8 Å². The zero-order valence-electron chi connectivity index (χ0n) is 9.03. The first-order valence-corrected chi connectivity index (χ1v) is 4.88. The first kappa shape index (κ1) is 11.0. The number of fused-ring (bicyclic) bond motifs is 1. The molecule has 0 radical (unpaired) electrons. The highest BCUT2D eigenvalue weighted by Crippen LogP contribution is 2.21. The van der Waals surface area contributed by atoms with Crippen LogP contribution in [0.15, 0.2) is 4.79 Å². The van der Waals surface area contributed by atoms with Crippen LogP contribution in [0.1, 0.15) is 17.3 Å². The largest absolute Gasteiger partial charge is 0.462 e. The summed E-state index contributed by atoms with van der Waals surface area (Å²) >= 11 is 0. The molecule has 17 heavy (non-hydrogen) atoms. The molecule has 0 amide bonds. The van der Waals surface area contributed by atoms with Gasteiger partial charge in [0.25, 0.3) is 5.56 Å². The van der Waals surface area contributed by atoms with E-state index in [9.17, 15) is 9.59 Å². The molecule has 0 bridgehead atoms. The molecule has 0 aliphatic heterocycles. The molecule has 0 unspecified atom stereocenters. The van der Waals surface area contributed by atoms with Gasteiger partial charge in [-0.05, 0) is 6.92 Å². The number of hydrogen-bond donors (Lipinski definition) is 4. The van der Waals surface area contributed by atoms with Gasteiger partial charge in [0.2, 0.25) is 0 Å². The molecule has 2 rings (SSSR count). The average molecular weight is 237 g/mol. The molecule has 90 valence electrons. The Labute approximate surface area is 94.9 Å². The van der Waals surface area contributed by atoms with Gasteiger partial charge in [0, 0.05) is 0 Å². The highest BCUT2D eigenvalue weighted by Gasteiger charge is 2.21. The maximum absolute atomic E-state index is 11.7. The molecule has 2 heterocycles. The van der Waals surface area contributed by atoms with Crippen molar-refractivity contribution in [3.8, 4) is 0 Å². The maximum atomic E-state index is 11.7. The third-order valence-corrected chi connectivity index (χ3v) is 2.27. The van der Waals surface area contributed by atoms with Crippen LogP contribution in [0.25, 0.3) is 10.9 Å². The van der Waals surface area contributed by atoms with Gasteiger partial charge in [-0.2, -0.15) is 5.10 Å². The second-order valence-corrected chi connectivity index (χ2v) is 3.32. The predicted octanol–water partition coefficient (Wildman–Crippen LogP) is -0.408. The quantitative estimate of drug-likeness (QED) is 0.523. The van der Waals surface area contributed by atoms with Crippen LogP contribution in [-0.4, -0.2) is 27.8 Å². The number of nitrogens with two attached hydrogens (primary N) is 2. The maximum Gasteiger partial charge on any atom is 0.344 e. The summed E-state index contributed by atoms with van der Waals surface area (Å²) in [6, 6.07) is 0. The van der Waals surface area contributed by atoms with Crippen LogP contribution in [-0.2, 0) is 4.74 Å². The van der Waals surface area contributed by atoms with Crippen molar-refractivity contribution in [1.29, 1.82) is 0 Å². The lowest BCUT2D eigenvalue weighted by Gasteiger charge is -2.05. The predicted molar refractivity (Wildman–Crippen MR) is 61.5 cm³/mol. The first-order valence-electron chi connectivity index (χ1n) is 4.88. The van der Waals surface area contributed by atoms with Crippen LogP contribution in [0.5, 0.6) is 0 Å². The van der Waals surface area contributed by atoms with Gasteiger partial charge in [-0.3, -0.25) is 9.89 Å². The number of pyridine rings is 1. The Balaban J connectivity index is 2.79. The van der Waals surface area contributed by atoms with Crippen molar-refractivity contribution < 1.29 is 9.53 Å². The molecule has 0 saturated carbocycles. The molecule has 0 saturated heterocycles. The Bertz CT molecular complexity index is 642. The number of carbonyl (C=O) groups excluding carboxylic acids is 1. The summed E-state index contributed by atoms with van der Waals surface area (Å²) in [4.78, 5) is 25.6. The van der Waals surface area contributed by atoms with E-state index in [2.05, 4.69) is 15.2 Å². The van der Waals surface area contributed by atoms with E-state index >= 15 is 0 Å². The van der Waals surface area contributed by atoms with Crippen molar-refractivity contribution in [2.24, 2.45) is 0 Å². The second-order valence-electron chi connectivity index (χ2n) is 3.32. The number of H-pyrrole nitrogens is 2. The number of rotatable bonds is 2. The number of hydrogen-bond acceptors (Lipinski definition) is 6. The minimum atomic E-state index is -0.644. The zero-order valence-corrected chi connectivity index (χ0v) is 9.03. The Morgan fingerprint density at radius 2 is 2.18 bits per heavy atom. The topological polar surface area (TPSA) is 140 Å². The zero-order chi connectivity index (χ0) is 12.6. The fourth-order valence-corrected chi connectivity index (χ4v) is 1.56. The molecule has 2 aromatic heterocycles. The summed E-state index contributed by atoms with van der Waals surface area (Å²) in [6.45, 7) is 1.86. The smallest absolute Gasteiger partial charge is 0.344 e. The highest BCUT2D eigenvalue weighted by molar-refractivity contribution is 6.08. The summed E-state index contributed by atoms with van der Waals surface area (Å²) in [5.74, 6) is -0.716. The fourth-order valence-electron chi connectivity index (χ4n) is 1.56. The van der Waals surface area contributed by atoms with Crippen molar-refractivity contribution >= 4 is 28.5 Å². The van der Waals surface area contributed by atoms with E-state index in [-0.39, 0.29) is 34.7 Å². The van der Waals surface area contributed by atoms with Crippen molar-refractivity contribution in [2.45, 2.75) is 6.92 Å². The third-order valence-electron chi connectivity index (χ3n) is 2.27. The number of aromatic amines is 2. The van der Waals surface area contributed by atoms with Crippen molar-refractivity contribution in [1.82, 2.24) is 15.2 Å². The number of nitrogen functional groups attached to an aromatic ring is 2. The van der Waals surface area contributed by atoms with Gasteiger partial charge in [-0.1, -0.05) is 0 Å². The number of esters is 1. The normalized spacial score (nSPS) is 10.6. The first-order chi connectivity index (χ1) is 8.06. The monoisotopic (exact) mass is 237 g/mol. The van der Waals surface area contributed by atoms with Gasteiger partial charge < -0.3 is 21.2 Å². The second kappa shape index (κ2) is 3.81. The average Bonchev–Trinajstić information content (AvgIpc) is 2.61. The molecular formula is C9H11N5O3. The summed E-state index contributed by atoms with van der Waals surface area (Å²) < 4.78 is 4.84. The summed E-state index contributed by atoms with van der Waals surface area (Å²) in [5.41, 5.74) is 10.8. The van der Waals surface area contributed by atoms with E-state index in [1.165, 1.54) is 0 Å². The molecule has 2 aromatic rings. The molecular weight excluding hydrogens is 226 g/mol. The van der Waals surface area contributed by atoms with Crippen LogP contribution < -0.4 is 17.0 Å². The Morgan fingerprint density at radius 3 is 2.82 bits per heavy atom. The number of nitrogens with one attached hydrogen (secondary N) is 2. The van der Waals surface area contributed by atoms with E-state index in [1.807, 2.05) is 0 Å². The minimum absolute atomic E-state index is 0.00629. The van der Waals surface area contributed by atoms with Gasteiger partial charge in [0.05, 0.1) is 12.1 Å².